The number of nitrogens with one attached hydrogen (secondary N) is 2. The molecule has 0 spiro atoms. The van der Waals surface area contributed by atoms with Crippen molar-refractivity contribution in [2.24, 2.45) is 5.41 Å². The van der Waals surface area contributed by atoms with Gasteiger partial charge in [0, 0.05) is 0 Å². The maximum Gasteiger partial charge on any atom is 0.226 e. The molecule has 2 aliphatic rings. The lowest BCUT2D eigenvalue weighted by atomic mass is 9.75. The second-order valence-electron chi connectivity index (χ2n) is 5.28. The first-order chi connectivity index (χ1) is 7.66. The molecule has 0 radical (unpaired) electrons. The van der Waals surface area contributed by atoms with Crippen LogP contribution in [0.2, 0.25) is 0 Å². The minimum atomic E-state index is -0.274. The molecule has 1 heterocycles. The molecule has 16 heavy (non-hydrogen) atoms. The van der Waals surface area contributed by atoms with E-state index in [4.69, 9.17) is 0 Å². The Hall–Kier alpha value is -0.610. The van der Waals surface area contributed by atoms with Crippen molar-refractivity contribution in [3.8, 4) is 0 Å². The standard InChI is InChI=1S/C12H22N2O2/c1-2-11(5-7-13-8-6-11)10(16)14-12(9-15)3-4-12/h13,15H,2-9H2,1H3,(H,14,16). The number of carbonyl (C=O) groups is 1. The molecule has 0 aromatic heterocycles. The predicted molar refractivity (Wildman–Crippen MR) is 62.0 cm³/mol. The highest BCUT2D eigenvalue weighted by molar-refractivity contribution is 5.83. The second kappa shape index (κ2) is 4.34. The highest BCUT2D eigenvalue weighted by Crippen LogP contribution is 2.38. The third kappa shape index (κ3) is 2.09. The molecule has 0 unspecified atom stereocenters. The molecule has 1 aliphatic carbocycles. The fraction of sp³-hybridized carbons (Fsp3) is 0.917. The summed E-state index contributed by atoms with van der Waals surface area (Å²) >= 11 is 0. The summed E-state index contributed by atoms with van der Waals surface area (Å²) in [5.41, 5.74) is -0.472. The van der Waals surface area contributed by atoms with Gasteiger partial charge in [-0.25, -0.2) is 0 Å². The van der Waals surface area contributed by atoms with E-state index in [9.17, 15) is 9.90 Å². The van der Waals surface area contributed by atoms with Gasteiger partial charge in [0.2, 0.25) is 5.91 Å². The first-order valence-electron chi connectivity index (χ1n) is 6.31. The minimum absolute atomic E-state index is 0.0801. The van der Waals surface area contributed by atoms with Crippen molar-refractivity contribution < 1.29 is 9.90 Å². The molecule has 2 rings (SSSR count). The number of piperidine rings is 1. The number of amides is 1. The molecule has 3 N–H and O–H groups in total. The lowest BCUT2D eigenvalue weighted by Crippen LogP contribution is -2.51. The maximum atomic E-state index is 12.3. The van der Waals surface area contributed by atoms with Crippen molar-refractivity contribution in [1.82, 2.24) is 10.6 Å². The molecule has 0 atom stereocenters. The molecule has 1 saturated carbocycles. The molecule has 92 valence electrons. The van der Waals surface area contributed by atoms with Gasteiger partial charge in [-0.1, -0.05) is 6.92 Å². The predicted octanol–water partition coefficient (Wildman–Crippen LogP) is 0.407. The van der Waals surface area contributed by atoms with Gasteiger partial charge in [-0.15, -0.1) is 0 Å². The summed E-state index contributed by atoms with van der Waals surface area (Å²) < 4.78 is 0. The Bertz CT molecular complexity index is 268. The van der Waals surface area contributed by atoms with Gasteiger partial charge < -0.3 is 15.7 Å². The third-order valence-electron chi connectivity index (χ3n) is 4.25. The van der Waals surface area contributed by atoms with Gasteiger partial charge in [0.1, 0.15) is 0 Å². The molecule has 0 bridgehead atoms. The fourth-order valence-electron chi connectivity index (χ4n) is 2.49. The van der Waals surface area contributed by atoms with E-state index in [1.807, 2.05) is 0 Å². The third-order valence-corrected chi connectivity index (χ3v) is 4.25. The maximum absolute atomic E-state index is 12.3. The average Bonchev–Trinajstić information content (AvgIpc) is 3.10. The van der Waals surface area contributed by atoms with Crippen LogP contribution >= 0.6 is 0 Å². The van der Waals surface area contributed by atoms with Gasteiger partial charge >= 0.3 is 0 Å². The van der Waals surface area contributed by atoms with Gasteiger partial charge in [-0.3, -0.25) is 4.79 Å². The summed E-state index contributed by atoms with van der Waals surface area (Å²) in [6.45, 7) is 4.01. The van der Waals surface area contributed by atoms with E-state index in [-0.39, 0.29) is 23.5 Å². The molecule has 4 heteroatoms. The zero-order chi connectivity index (χ0) is 11.6. The Morgan fingerprint density at radius 1 is 1.31 bits per heavy atom. The molecule has 0 aromatic carbocycles. The number of hydrogen-bond donors (Lipinski definition) is 3. The fourth-order valence-corrected chi connectivity index (χ4v) is 2.49. The molecule has 0 aromatic rings. The number of rotatable bonds is 4. The minimum Gasteiger partial charge on any atom is -0.394 e. The monoisotopic (exact) mass is 226 g/mol. The lowest BCUT2D eigenvalue weighted by Gasteiger charge is -2.36. The van der Waals surface area contributed by atoms with Crippen molar-refractivity contribution in [1.29, 1.82) is 0 Å². The first-order valence-corrected chi connectivity index (χ1v) is 6.31. The van der Waals surface area contributed by atoms with Gasteiger partial charge in [0.05, 0.1) is 17.6 Å². The first kappa shape index (κ1) is 11.9. The largest absolute Gasteiger partial charge is 0.394 e. The van der Waals surface area contributed by atoms with Crippen LogP contribution in [0, 0.1) is 5.41 Å². The van der Waals surface area contributed by atoms with Crippen LogP contribution in [-0.2, 0) is 4.79 Å². The summed E-state index contributed by atoms with van der Waals surface area (Å²) in [6, 6.07) is 0. The normalized spacial score (nSPS) is 26.1. The topological polar surface area (TPSA) is 61.4 Å². The lowest BCUT2D eigenvalue weighted by molar-refractivity contribution is -0.134. The number of hydrogen-bond acceptors (Lipinski definition) is 3. The van der Waals surface area contributed by atoms with Crippen LogP contribution in [0.15, 0.2) is 0 Å². The van der Waals surface area contributed by atoms with E-state index in [0.717, 1.165) is 45.2 Å². The number of aliphatic hydroxyl groups excluding tert-OH is 1. The Morgan fingerprint density at radius 2 is 1.94 bits per heavy atom. The quantitative estimate of drug-likeness (QED) is 0.650. The van der Waals surface area contributed by atoms with Crippen LogP contribution in [0.25, 0.3) is 0 Å². The SMILES string of the molecule is CCC1(C(=O)NC2(CO)CC2)CCNCC1. The second-order valence-corrected chi connectivity index (χ2v) is 5.28. The Balaban J connectivity index is 2.00. The number of aliphatic hydroxyl groups is 1. The van der Waals surface area contributed by atoms with Crippen molar-refractivity contribution in [2.75, 3.05) is 19.7 Å². The van der Waals surface area contributed by atoms with Crippen molar-refractivity contribution >= 4 is 5.91 Å². The van der Waals surface area contributed by atoms with E-state index in [1.54, 1.807) is 0 Å². The van der Waals surface area contributed by atoms with Gasteiger partial charge in [-0.2, -0.15) is 0 Å². The van der Waals surface area contributed by atoms with Crippen molar-refractivity contribution in [3.05, 3.63) is 0 Å². The molecular formula is C12H22N2O2. The molecule has 1 aliphatic heterocycles. The molecule has 1 amide bonds. The highest BCUT2D eigenvalue weighted by Gasteiger charge is 2.47. The van der Waals surface area contributed by atoms with Crippen LogP contribution in [0.5, 0.6) is 0 Å². The van der Waals surface area contributed by atoms with Crippen LogP contribution in [-0.4, -0.2) is 36.2 Å². The van der Waals surface area contributed by atoms with Crippen LogP contribution in [0.1, 0.15) is 39.0 Å². The van der Waals surface area contributed by atoms with Gasteiger partial charge in [-0.05, 0) is 45.2 Å². The molecule has 4 nitrogen and oxygen atoms in total. The van der Waals surface area contributed by atoms with E-state index >= 15 is 0 Å². The van der Waals surface area contributed by atoms with Gasteiger partial charge in [0.15, 0.2) is 0 Å². The molecular weight excluding hydrogens is 204 g/mol. The summed E-state index contributed by atoms with van der Waals surface area (Å²) in [5, 5.41) is 15.6. The van der Waals surface area contributed by atoms with E-state index < -0.39 is 0 Å². The van der Waals surface area contributed by atoms with Crippen molar-refractivity contribution in [2.45, 2.75) is 44.6 Å². The number of carbonyl (C=O) groups excluding carboxylic acids is 1. The smallest absolute Gasteiger partial charge is 0.226 e. The van der Waals surface area contributed by atoms with E-state index in [2.05, 4.69) is 17.6 Å². The summed E-state index contributed by atoms with van der Waals surface area (Å²) in [7, 11) is 0. The highest BCUT2D eigenvalue weighted by atomic mass is 16.3. The van der Waals surface area contributed by atoms with Gasteiger partial charge in [0.25, 0.3) is 0 Å². The van der Waals surface area contributed by atoms with E-state index in [1.165, 1.54) is 0 Å². The Kier molecular flexibility index (Phi) is 3.22. The zero-order valence-corrected chi connectivity index (χ0v) is 10.0. The molecule has 1 saturated heterocycles. The van der Waals surface area contributed by atoms with Crippen LogP contribution < -0.4 is 10.6 Å². The summed E-state index contributed by atoms with van der Waals surface area (Å²) in [5.74, 6) is 0.156. The van der Waals surface area contributed by atoms with E-state index in [0.29, 0.717) is 0 Å². The summed E-state index contributed by atoms with van der Waals surface area (Å²) in [6.07, 6.45) is 4.57. The van der Waals surface area contributed by atoms with Crippen molar-refractivity contribution in [3.63, 3.8) is 0 Å². The summed E-state index contributed by atoms with van der Waals surface area (Å²) in [4.78, 5) is 12.3. The Labute approximate surface area is 96.8 Å². The zero-order valence-electron chi connectivity index (χ0n) is 10.0. The van der Waals surface area contributed by atoms with Crippen LogP contribution in [0.3, 0.4) is 0 Å². The average molecular weight is 226 g/mol. The van der Waals surface area contributed by atoms with Crippen LogP contribution in [0.4, 0.5) is 0 Å². The molecule has 2 fully saturated rings. The Morgan fingerprint density at radius 3 is 2.38 bits per heavy atom.